The Morgan fingerprint density at radius 2 is 2.50 bits per heavy atom. The monoisotopic (exact) mass is 192 g/mol. The first-order chi connectivity index (χ1) is 6.56. The Hall–Kier alpha value is -1.83. The van der Waals surface area contributed by atoms with Crippen LogP contribution >= 0.6 is 0 Å². The normalized spacial score (nSPS) is 10.6. The van der Waals surface area contributed by atoms with Gasteiger partial charge >= 0.3 is 0 Å². The number of hydrogen-bond donors (Lipinski definition) is 2. The van der Waals surface area contributed by atoms with E-state index in [4.69, 9.17) is 5.26 Å². The van der Waals surface area contributed by atoms with E-state index < -0.39 is 5.41 Å². The number of nitrogens with zero attached hydrogens (tertiary/aromatic N) is 2. The van der Waals surface area contributed by atoms with E-state index in [1.807, 2.05) is 6.07 Å². The summed E-state index contributed by atoms with van der Waals surface area (Å²) in [5.41, 5.74) is -0.993. The molecule has 0 bridgehead atoms. The molecular weight excluding hydrogens is 180 g/mol. The molecule has 1 rings (SSSR count). The number of aromatic amines is 1. The van der Waals surface area contributed by atoms with Crippen molar-refractivity contribution in [2.24, 2.45) is 5.41 Å². The molecule has 0 fully saturated rings. The largest absolute Gasteiger partial charge is 0.348 e. The second-order valence-electron chi connectivity index (χ2n) is 3.46. The van der Waals surface area contributed by atoms with Crippen molar-refractivity contribution in [3.8, 4) is 6.07 Å². The van der Waals surface area contributed by atoms with Crippen LogP contribution in [0.15, 0.2) is 12.4 Å². The van der Waals surface area contributed by atoms with Crippen LogP contribution in [0.1, 0.15) is 19.7 Å². The minimum absolute atomic E-state index is 0.295. The molecule has 0 atom stereocenters. The molecule has 74 valence electrons. The average molecular weight is 192 g/mol. The van der Waals surface area contributed by atoms with Crippen molar-refractivity contribution in [1.82, 2.24) is 15.3 Å². The van der Waals surface area contributed by atoms with E-state index in [0.717, 1.165) is 0 Å². The quantitative estimate of drug-likeness (QED) is 0.734. The molecule has 0 saturated heterocycles. The van der Waals surface area contributed by atoms with Gasteiger partial charge in [-0.1, -0.05) is 0 Å². The number of amides is 1. The summed E-state index contributed by atoms with van der Waals surface area (Å²) < 4.78 is 0. The minimum Gasteiger partial charge on any atom is -0.348 e. The van der Waals surface area contributed by atoms with Crippen LogP contribution < -0.4 is 5.32 Å². The Balaban J connectivity index is 2.48. The van der Waals surface area contributed by atoms with Gasteiger partial charge in [-0.2, -0.15) is 5.26 Å². The van der Waals surface area contributed by atoms with Crippen molar-refractivity contribution in [3.63, 3.8) is 0 Å². The average Bonchev–Trinajstić information content (AvgIpc) is 2.66. The smallest absolute Gasteiger partial charge is 0.240 e. The Morgan fingerprint density at radius 1 is 1.79 bits per heavy atom. The van der Waals surface area contributed by atoms with Gasteiger partial charge in [0.2, 0.25) is 5.91 Å². The predicted molar refractivity (Wildman–Crippen MR) is 49.8 cm³/mol. The van der Waals surface area contributed by atoms with Crippen LogP contribution in [-0.4, -0.2) is 15.9 Å². The lowest BCUT2D eigenvalue weighted by Crippen LogP contribution is -2.35. The van der Waals surface area contributed by atoms with E-state index in [0.29, 0.717) is 12.4 Å². The third-order valence-electron chi connectivity index (χ3n) is 1.82. The minimum atomic E-state index is -0.993. The number of hydrogen-bond acceptors (Lipinski definition) is 3. The zero-order valence-electron chi connectivity index (χ0n) is 8.16. The number of H-pyrrole nitrogens is 1. The highest BCUT2D eigenvalue weighted by Gasteiger charge is 2.26. The van der Waals surface area contributed by atoms with Crippen LogP contribution in [0.5, 0.6) is 0 Å². The first-order valence-electron chi connectivity index (χ1n) is 4.24. The lowest BCUT2D eigenvalue weighted by Gasteiger charge is -2.13. The molecule has 0 aromatic carbocycles. The van der Waals surface area contributed by atoms with Crippen LogP contribution in [0, 0.1) is 16.7 Å². The lowest BCUT2D eigenvalue weighted by atomic mass is 9.95. The maximum absolute atomic E-state index is 11.4. The fourth-order valence-electron chi connectivity index (χ4n) is 0.830. The summed E-state index contributed by atoms with van der Waals surface area (Å²) in [6.45, 7) is 3.46. The van der Waals surface area contributed by atoms with Gasteiger partial charge in [0.05, 0.1) is 12.6 Å². The van der Waals surface area contributed by atoms with Crippen LogP contribution in [0.25, 0.3) is 0 Å². The third-order valence-corrected chi connectivity index (χ3v) is 1.82. The molecule has 0 aliphatic carbocycles. The molecule has 1 aromatic rings. The molecule has 1 amide bonds. The fourth-order valence-corrected chi connectivity index (χ4v) is 0.830. The molecule has 14 heavy (non-hydrogen) atoms. The van der Waals surface area contributed by atoms with Crippen LogP contribution in [0.2, 0.25) is 0 Å². The fraction of sp³-hybridized carbons (Fsp3) is 0.444. The summed E-state index contributed by atoms with van der Waals surface area (Å²) in [4.78, 5) is 18.2. The summed E-state index contributed by atoms with van der Waals surface area (Å²) in [5.74, 6) is 0.378. The van der Waals surface area contributed by atoms with E-state index >= 15 is 0 Å². The Labute approximate surface area is 82.2 Å². The Morgan fingerprint density at radius 3 is 3.00 bits per heavy atom. The van der Waals surface area contributed by atoms with Gasteiger partial charge in [0.1, 0.15) is 11.2 Å². The first-order valence-corrected chi connectivity index (χ1v) is 4.24. The molecule has 0 radical (unpaired) electrons. The molecule has 1 heterocycles. The van der Waals surface area contributed by atoms with E-state index in [1.54, 1.807) is 26.2 Å². The standard InChI is InChI=1S/C9H12N4O/c1-9(2,6-10)8(14)13-5-7-11-3-4-12-7/h3-4H,5H2,1-2H3,(H,11,12)(H,13,14). The SMILES string of the molecule is CC(C)(C#N)C(=O)NCc1ncc[nH]1. The summed E-state index contributed by atoms with van der Waals surface area (Å²) in [6.07, 6.45) is 3.29. The number of carbonyl (C=O) groups excluding carboxylic acids is 1. The van der Waals surface area contributed by atoms with Gasteiger partial charge in [0, 0.05) is 12.4 Å². The number of nitrogens with one attached hydrogen (secondary N) is 2. The second kappa shape index (κ2) is 3.92. The third kappa shape index (κ3) is 2.33. The summed E-state index contributed by atoms with van der Waals surface area (Å²) in [7, 11) is 0. The molecule has 2 N–H and O–H groups in total. The maximum atomic E-state index is 11.4. The topological polar surface area (TPSA) is 81.6 Å². The number of rotatable bonds is 3. The molecule has 5 nitrogen and oxygen atoms in total. The molecule has 1 aromatic heterocycles. The van der Waals surface area contributed by atoms with E-state index in [1.165, 1.54) is 0 Å². The van der Waals surface area contributed by atoms with Gasteiger partial charge in [-0.15, -0.1) is 0 Å². The highest BCUT2D eigenvalue weighted by atomic mass is 16.2. The van der Waals surface area contributed by atoms with Gasteiger partial charge in [-0.3, -0.25) is 4.79 Å². The first kappa shape index (κ1) is 10.3. The van der Waals surface area contributed by atoms with Gasteiger partial charge in [-0.05, 0) is 13.8 Å². The molecule has 5 heteroatoms. The number of imidazole rings is 1. The van der Waals surface area contributed by atoms with Gasteiger partial charge in [-0.25, -0.2) is 4.98 Å². The summed E-state index contributed by atoms with van der Waals surface area (Å²) >= 11 is 0. The lowest BCUT2D eigenvalue weighted by molar-refractivity contribution is -0.127. The Bertz CT molecular complexity index is 347. The second-order valence-corrected chi connectivity index (χ2v) is 3.46. The van der Waals surface area contributed by atoms with Gasteiger partial charge in [0.25, 0.3) is 0 Å². The Kier molecular flexibility index (Phi) is 2.87. The van der Waals surface area contributed by atoms with Crippen molar-refractivity contribution in [3.05, 3.63) is 18.2 Å². The van der Waals surface area contributed by atoms with Crippen LogP contribution in [0.3, 0.4) is 0 Å². The highest BCUT2D eigenvalue weighted by Crippen LogP contribution is 2.12. The highest BCUT2D eigenvalue weighted by molar-refractivity contribution is 5.84. The predicted octanol–water partition coefficient (Wildman–Crippen LogP) is 0.576. The molecule has 0 saturated carbocycles. The number of carbonyl (C=O) groups is 1. The zero-order valence-corrected chi connectivity index (χ0v) is 8.16. The molecule has 0 aliphatic heterocycles. The molecule has 0 aliphatic rings. The number of nitriles is 1. The van der Waals surface area contributed by atoms with Crippen molar-refractivity contribution in [1.29, 1.82) is 5.26 Å². The molecular formula is C9H12N4O. The van der Waals surface area contributed by atoms with E-state index in [2.05, 4.69) is 15.3 Å². The summed E-state index contributed by atoms with van der Waals surface area (Å²) in [5, 5.41) is 11.3. The van der Waals surface area contributed by atoms with E-state index in [-0.39, 0.29) is 5.91 Å². The van der Waals surface area contributed by atoms with Crippen LogP contribution in [0.4, 0.5) is 0 Å². The van der Waals surface area contributed by atoms with Crippen molar-refractivity contribution >= 4 is 5.91 Å². The summed E-state index contributed by atoms with van der Waals surface area (Å²) in [6, 6.07) is 1.93. The molecule has 0 spiro atoms. The van der Waals surface area contributed by atoms with Crippen molar-refractivity contribution in [2.45, 2.75) is 20.4 Å². The zero-order chi connectivity index (χ0) is 10.6. The van der Waals surface area contributed by atoms with Gasteiger partial charge in [0.15, 0.2) is 0 Å². The molecule has 0 unspecified atom stereocenters. The van der Waals surface area contributed by atoms with Crippen molar-refractivity contribution in [2.75, 3.05) is 0 Å². The van der Waals surface area contributed by atoms with E-state index in [9.17, 15) is 4.79 Å². The van der Waals surface area contributed by atoms with Gasteiger partial charge < -0.3 is 10.3 Å². The van der Waals surface area contributed by atoms with Crippen molar-refractivity contribution < 1.29 is 4.79 Å². The maximum Gasteiger partial charge on any atom is 0.240 e. The van der Waals surface area contributed by atoms with Crippen LogP contribution in [-0.2, 0) is 11.3 Å². The number of aromatic nitrogens is 2.